The quantitative estimate of drug-likeness (QED) is 0.860. The van der Waals surface area contributed by atoms with Crippen molar-refractivity contribution in [2.24, 2.45) is 5.92 Å². The highest BCUT2D eigenvalue weighted by molar-refractivity contribution is 9.10. The number of nitrogens with one attached hydrogen (secondary N) is 1. The molecule has 0 unspecified atom stereocenters. The molecule has 1 amide bonds. The summed E-state index contributed by atoms with van der Waals surface area (Å²) in [5.74, 6) is -1.27. The molecule has 0 radical (unpaired) electrons. The van der Waals surface area contributed by atoms with Crippen molar-refractivity contribution in [1.29, 1.82) is 0 Å². The van der Waals surface area contributed by atoms with E-state index in [0.717, 1.165) is 10.0 Å². The molecular formula is C14H16BrNO4. The Bertz CT molecular complexity index is 500. The topological polar surface area (TPSA) is 75.6 Å². The van der Waals surface area contributed by atoms with Gasteiger partial charge in [-0.2, -0.15) is 0 Å². The summed E-state index contributed by atoms with van der Waals surface area (Å²) in [6, 6.07) is 6.77. The molecule has 1 aromatic carbocycles. The number of benzene rings is 1. The zero-order chi connectivity index (χ0) is 14.5. The fourth-order valence-corrected chi connectivity index (χ4v) is 2.60. The van der Waals surface area contributed by atoms with Crippen LogP contribution in [0.2, 0.25) is 0 Å². The summed E-state index contributed by atoms with van der Waals surface area (Å²) in [5.41, 5.74) is 0.772. The van der Waals surface area contributed by atoms with Gasteiger partial charge in [-0.25, -0.2) is 0 Å². The molecule has 1 aliphatic rings. The number of rotatable bonds is 5. The lowest BCUT2D eigenvalue weighted by Crippen LogP contribution is -2.35. The van der Waals surface area contributed by atoms with Gasteiger partial charge in [-0.1, -0.05) is 28.1 Å². The zero-order valence-electron chi connectivity index (χ0n) is 10.8. The summed E-state index contributed by atoms with van der Waals surface area (Å²) < 4.78 is 6.03. The molecule has 20 heavy (non-hydrogen) atoms. The van der Waals surface area contributed by atoms with Crippen molar-refractivity contribution in [3.63, 3.8) is 0 Å². The van der Waals surface area contributed by atoms with Gasteiger partial charge in [-0.05, 0) is 24.1 Å². The van der Waals surface area contributed by atoms with Gasteiger partial charge in [0.05, 0.1) is 25.0 Å². The van der Waals surface area contributed by atoms with Crippen molar-refractivity contribution in [1.82, 2.24) is 5.32 Å². The molecule has 1 aliphatic heterocycles. The molecule has 5 nitrogen and oxygen atoms in total. The van der Waals surface area contributed by atoms with E-state index in [9.17, 15) is 9.59 Å². The number of hydrogen-bond donors (Lipinski definition) is 2. The van der Waals surface area contributed by atoms with Crippen LogP contribution < -0.4 is 5.32 Å². The van der Waals surface area contributed by atoms with Crippen molar-refractivity contribution in [2.45, 2.75) is 18.9 Å². The first-order chi connectivity index (χ1) is 9.56. The molecular weight excluding hydrogens is 326 g/mol. The van der Waals surface area contributed by atoms with Crippen LogP contribution in [0.1, 0.15) is 24.4 Å². The lowest BCUT2D eigenvalue weighted by molar-refractivity contribution is -0.137. The van der Waals surface area contributed by atoms with Crippen LogP contribution in [0.4, 0.5) is 0 Å². The van der Waals surface area contributed by atoms with Gasteiger partial charge in [0, 0.05) is 11.1 Å². The lowest BCUT2D eigenvalue weighted by Gasteiger charge is -2.19. The Morgan fingerprint density at radius 2 is 2.30 bits per heavy atom. The van der Waals surface area contributed by atoms with Crippen molar-refractivity contribution in [3.05, 3.63) is 34.3 Å². The molecule has 6 heteroatoms. The van der Waals surface area contributed by atoms with Gasteiger partial charge >= 0.3 is 5.97 Å². The third-order valence-corrected chi connectivity index (χ3v) is 3.74. The summed E-state index contributed by atoms with van der Waals surface area (Å²) in [6.45, 7) is 0.989. The third-order valence-electron chi connectivity index (χ3n) is 3.25. The fourth-order valence-electron chi connectivity index (χ4n) is 2.18. The smallest absolute Gasteiger partial charge is 0.305 e. The van der Waals surface area contributed by atoms with Crippen LogP contribution in [0.25, 0.3) is 0 Å². The second-order valence-electron chi connectivity index (χ2n) is 4.77. The van der Waals surface area contributed by atoms with Crippen molar-refractivity contribution in [2.75, 3.05) is 13.2 Å². The highest BCUT2D eigenvalue weighted by Crippen LogP contribution is 2.22. The molecule has 1 heterocycles. The Hall–Kier alpha value is -1.40. The van der Waals surface area contributed by atoms with Crippen molar-refractivity contribution in [3.8, 4) is 0 Å². The maximum atomic E-state index is 12.1. The van der Waals surface area contributed by atoms with E-state index in [4.69, 9.17) is 9.84 Å². The minimum atomic E-state index is -0.946. The molecule has 1 fully saturated rings. The van der Waals surface area contributed by atoms with Crippen LogP contribution >= 0.6 is 15.9 Å². The zero-order valence-corrected chi connectivity index (χ0v) is 12.4. The maximum absolute atomic E-state index is 12.1. The predicted molar refractivity (Wildman–Crippen MR) is 76.2 cm³/mol. The standard InChI is InChI=1S/C14H16BrNO4/c15-11-3-1-2-9(6-11)12(7-13(17)18)16-14(19)10-4-5-20-8-10/h1-3,6,10,12H,4-5,7-8H2,(H,16,19)(H,17,18)/t10-,12+/m0/s1. The van der Waals surface area contributed by atoms with Gasteiger partial charge in [0.15, 0.2) is 0 Å². The van der Waals surface area contributed by atoms with Crippen LogP contribution in [-0.2, 0) is 14.3 Å². The Morgan fingerprint density at radius 3 is 2.90 bits per heavy atom. The Balaban J connectivity index is 2.10. The molecule has 2 N–H and O–H groups in total. The number of halogens is 1. The van der Waals surface area contributed by atoms with Gasteiger partial charge in [0.2, 0.25) is 5.91 Å². The summed E-state index contributed by atoms with van der Waals surface area (Å²) in [6.07, 6.45) is 0.542. The fraction of sp³-hybridized carbons (Fsp3) is 0.429. The Morgan fingerprint density at radius 1 is 1.50 bits per heavy atom. The van der Waals surface area contributed by atoms with E-state index in [0.29, 0.717) is 19.6 Å². The van der Waals surface area contributed by atoms with E-state index in [1.807, 2.05) is 24.3 Å². The number of ether oxygens (including phenoxy) is 1. The van der Waals surface area contributed by atoms with Crippen LogP contribution in [0, 0.1) is 5.92 Å². The Labute approximate surface area is 125 Å². The van der Waals surface area contributed by atoms with E-state index in [1.54, 1.807) is 0 Å². The Kier molecular flexibility index (Phi) is 5.14. The van der Waals surface area contributed by atoms with E-state index in [2.05, 4.69) is 21.2 Å². The first-order valence-corrected chi connectivity index (χ1v) is 7.21. The number of carbonyl (C=O) groups excluding carboxylic acids is 1. The lowest BCUT2D eigenvalue weighted by atomic mass is 10.0. The maximum Gasteiger partial charge on any atom is 0.305 e. The number of carboxylic acids is 1. The normalized spacial score (nSPS) is 19.6. The number of carboxylic acid groups (broad SMARTS) is 1. The molecule has 2 atom stereocenters. The van der Waals surface area contributed by atoms with Crippen LogP contribution in [-0.4, -0.2) is 30.2 Å². The molecule has 2 rings (SSSR count). The van der Waals surface area contributed by atoms with Crippen LogP contribution in [0.5, 0.6) is 0 Å². The number of amides is 1. The molecule has 0 spiro atoms. The summed E-state index contributed by atoms with van der Waals surface area (Å²) in [4.78, 5) is 23.1. The molecule has 0 aromatic heterocycles. The monoisotopic (exact) mass is 341 g/mol. The SMILES string of the molecule is O=C(O)C[C@@H](NC(=O)[C@H]1CCOC1)c1cccc(Br)c1. The largest absolute Gasteiger partial charge is 0.481 e. The molecule has 0 saturated carbocycles. The first-order valence-electron chi connectivity index (χ1n) is 6.41. The average molecular weight is 342 g/mol. The summed E-state index contributed by atoms with van der Waals surface area (Å²) in [7, 11) is 0. The summed E-state index contributed by atoms with van der Waals surface area (Å²) >= 11 is 3.35. The van der Waals surface area contributed by atoms with Crippen molar-refractivity contribution >= 4 is 27.8 Å². The number of aliphatic carboxylic acids is 1. The van der Waals surface area contributed by atoms with Crippen molar-refractivity contribution < 1.29 is 19.4 Å². The highest BCUT2D eigenvalue weighted by atomic mass is 79.9. The summed E-state index contributed by atoms with van der Waals surface area (Å²) in [5, 5.41) is 11.8. The van der Waals surface area contributed by atoms with E-state index >= 15 is 0 Å². The second-order valence-corrected chi connectivity index (χ2v) is 5.69. The third kappa shape index (κ3) is 4.05. The average Bonchev–Trinajstić information content (AvgIpc) is 2.91. The predicted octanol–water partition coefficient (Wildman–Crippen LogP) is 2.12. The van der Waals surface area contributed by atoms with E-state index < -0.39 is 12.0 Å². The number of carbonyl (C=O) groups is 2. The molecule has 1 aromatic rings. The number of hydrogen-bond acceptors (Lipinski definition) is 3. The van der Waals surface area contributed by atoms with E-state index in [1.165, 1.54) is 0 Å². The van der Waals surface area contributed by atoms with Gasteiger partial charge in [0.1, 0.15) is 0 Å². The molecule has 1 saturated heterocycles. The second kappa shape index (κ2) is 6.85. The highest BCUT2D eigenvalue weighted by Gasteiger charge is 2.26. The van der Waals surface area contributed by atoms with Gasteiger partial charge in [-0.15, -0.1) is 0 Å². The van der Waals surface area contributed by atoms with Crippen LogP contribution in [0.3, 0.4) is 0 Å². The van der Waals surface area contributed by atoms with E-state index in [-0.39, 0.29) is 18.2 Å². The van der Waals surface area contributed by atoms with Gasteiger partial charge in [0.25, 0.3) is 0 Å². The van der Waals surface area contributed by atoms with Gasteiger partial charge < -0.3 is 15.2 Å². The minimum Gasteiger partial charge on any atom is -0.481 e. The van der Waals surface area contributed by atoms with Crippen LogP contribution in [0.15, 0.2) is 28.7 Å². The minimum absolute atomic E-state index is 0.143. The molecule has 0 bridgehead atoms. The molecule has 0 aliphatic carbocycles. The molecule has 108 valence electrons. The van der Waals surface area contributed by atoms with Gasteiger partial charge in [-0.3, -0.25) is 9.59 Å². The first kappa shape index (κ1) is 15.0.